The number of benzene rings is 1. The molecule has 23 heavy (non-hydrogen) atoms. The predicted molar refractivity (Wildman–Crippen MR) is 80.7 cm³/mol. The first kappa shape index (κ1) is 18.3. The van der Waals surface area contributed by atoms with Gasteiger partial charge < -0.3 is 19.3 Å². The topological polar surface area (TPSA) is 111 Å². The Kier molecular flexibility index (Phi) is 6.85. The van der Waals surface area contributed by atoms with Gasteiger partial charge in [-0.15, -0.1) is 0 Å². The number of phenolic OH excluding ortho intramolecular Hbond substituents is 1. The smallest absolute Gasteiger partial charge is 0.411 e. The molecule has 0 fully saturated rings. The number of phenols is 1. The summed E-state index contributed by atoms with van der Waals surface area (Å²) >= 11 is 0. The number of nitrogens with one attached hydrogen (secondary N) is 1. The molecule has 2 N–H and O–H groups in total. The second-order valence-corrected chi connectivity index (χ2v) is 4.48. The fourth-order valence-corrected chi connectivity index (χ4v) is 1.76. The molecule has 0 heterocycles. The van der Waals surface area contributed by atoms with E-state index in [2.05, 4.69) is 14.8 Å². The average molecular weight is 325 g/mol. The van der Waals surface area contributed by atoms with E-state index in [0.717, 1.165) is 26.7 Å². The van der Waals surface area contributed by atoms with Crippen LogP contribution in [0.5, 0.6) is 5.75 Å². The minimum absolute atomic E-state index is 0.152. The highest BCUT2D eigenvalue weighted by molar-refractivity contribution is 6.10. The lowest BCUT2D eigenvalue weighted by Gasteiger charge is -2.14. The molecule has 0 unspecified atom stereocenters. The number of aromatic hydroxyl groups is 1. The largest absolute Gasteiger partial charge is 0.506 e. The Balaban J connectivity index is 3.20. The molecule has 0 aliphatic heterocycles. The van der Waals surface area contributed by atoms with Gasteiger partial charge in [0.1, 0.15) is 17.0 Å². The Labute approximate surface area is 133 Å². The molecule has 1 rings (SSSR count). The minimum Gasteiger partial charge on any atom is -0.506 e. The standard InChI is InChI=1S/C15H19NO7/c1-4-5-8-23-15(20)16-12-10(17)7-6-9(13(18)21-2)11(12)14(19)22-3/h6-7,17H,4-5,8H2,1-3H3,(H,16,20). The van der Waals surface area contributed by atoms with E-state index in [9.17, 15) is 19.5 Å². The number of carbonyl (C=O) groups excluding carboxylic acids is 3. The second kappa shape index (κ2) is 8.62. The number of anilines is 1. The van der Waals surface area contributed by atoms with Crippen LogP contribution in [-0.4, -0.2) is 44.0 Å². The third kappa shape index (κ3) is 4.60. The highest BCUT2D eigenvalue weighted by Gasteiger charge is 2.26. The Morgan fingerprint density at radius 3 is 2.35 bits per heavy atom. The van der Waals surface area contributed by atoms with Crippen molar-refractivity contribution in [1.82, 2.24) is 0 Å². The van der Waals surface area contributed by atoms with E-state index in [1.165, 1.54) is 6.07 Å². The summed E-state index contributed by atoms with van der Waals surface area (Å²) in [4.78, 5) is 35.4. The number of esters is 2. The van der Waals surface area contributed by atoms with E-state index in [-0.39, 0.29) is 23.4 Å². The van der Waals surface area contributed by atoms with Gasteiger partial charge in [0.25, 0.3) is 0 Å². The van der Waals surface area contributed by atoms with Crippen LogP contribution in [0.3, 0.4) is 0 Å². The maximum absolute atomic E-state index is 11.9. The van der Waals surface area contributed by atoms with E-state index >= 15 is 0 Å². The van der Waals surface area contributed by atoms with Crippen molar-refractivity contribution >= 4 is 23.7 Å². The summed E-state index contributed by atoms with van der Waals surface area (Å²) in [5.41, 5.74) is -0.742. The van der Waals surface area contributed by atoms with Gasteiger partial charge in [-0.3, -0.25) is 5.32 Å². The van der Waals surface area contributed by atoms with Crippen molar-refractivity contribution in [1.29, 1.82) is 0 Å². The lowest BCUT2D eigenvalue weighted by atomic mass is 10.0. The van der Waals surface area contributed by atoms with Crippen LogP contribution >= 0.6 is 0 Å². The van der Waals surface area contributed by atoms with E-state index in [0.29, 0.717) is 6.42 Å². The molecular formula is C15H19NO7. The molecule has 0 atom stereocenters. The van der Waals surface area contributed by atoms with Crippen molar-refractivity contribution in [3.63, 3.8) is 0 Å². The zero-order chi connectivity index (χ0) is 17.4. The number of amides is 1. The van der Waals surface area contributed by atoms with Crippen molar-refractivity contribution in [2.24, 2.45) is 0 Å². The van der Waals surface area contributed by atoms with Crippen LogP contribution in [0.25, 0.3) is 0 Å². The van der Waals surface area contributed by atoms with E-state index in [1.807, 2.05) is 6.92 Å². The van der Waals surface area contributed by atoms with Gasteiger partial charge in [0, 0.05) is 0 Å². The second-order valence-electron chi connectivity index (χ2n) is 4.48. The summed E-state index contributed by atoms with van der Waals surface area (Å²) < 4.78 is 14.1. The van der Waals surface area contributed by atoms with Crippen molar-refractivity contribution < 1.29 is 33.7 Å². The molecule has 126 valence electrons. The quantitative estimate of drug-likeness (QED) is 0.357. The monoisotopic (exact) mass is 325 g/mol. The van der Waals surface area contributed by atoms with Crippen LogP contribution < -0.4 is 5.32 Å². The number of rotatable bonds is 6. The third-order valence-electron chi connectivity index (χ3n) is 2.94. The van der Waals surface area contributed by atoms with Gasteiger partial charge in [0.2, 0.25) is 0 Å². The molecule has 1 aromatic carbocycles. The van der Waals surface area contributed by atoms with Gasteiger partial charge in [-0.05, 0) is 18.6 Å². The van der Waals surface area contributed by atoms with Crippen LogP contribution in [0.2, 0.25) is 0 Å². The van der Waals surface area contributed by atoms with Crippen LogP contribution in [0, 0.1) is 0 Å². The highest BCUT2D eigenvalue weighted by Crippen LogP contribution is 2.31. The van der Waals surface area contributed by atoms with Crippen LogP contribution in [0.15, 0.2) is 12.1 Å². The summed E-state index contributed by atoms with van der Waals surface area (Å²) in [5, 5.41) is 12.2. The number of hydrogen-bond donors (Lipinski definition) is 2. The summed E-state index contributed by atoms with van der Waals surface area (Å²) in [5.74, 6) is -2.14. The Morgan fingerprint density at radius 1 is 1.13 bits per heavy atom. The minimum atomic E-state index is -0.912. The maximum Gasteiger partial charge on any atom is 0.411 e. The molecule has 0 saturated carbocycles. The van der Waals surface area contributed by atoms with Crippen molar-refractivity contribution in [2.45, 2.75) is 19.8 Å². The van der Waals surface area contributed by atoms with E-state index in [1.54, 1.807) is 0 Å². The molecule has 0 aromatic heterocycles. The molecule has 1 aromatic rings. The Hall–Kier alpha value is -2.77. The van der Waals surface area contributed by atoms with Crippen LogP contribution in [0.1, 0.15) is 40.5 Å². The van der Waals surface area contributed by atoms with Gasteiger partial charge in [-0.2, -0.15) is 0 Å². The first-order valence-electron chi connectivity index (χ1n) is 6.92. The third-order valence-corrected chi connectivity index (χ3v) is 2.94. The number of hydrogen-bond acceptors (Lipinski definition) is 7. The zero-order valence-electron chi connectivity index (χ0n) is 13.2. The highest BCUT2D eigenvalue weighted by atomic mass is 16.5. The molecule has 8 nitrogen and oxygen atoms in total. The fourth-order valence-electron chi connectivity index (χ4n) is 1.76. The van der Waals surface area contributed by atoms with Crippen LogP contribution in [-0.2, 0) is 14.2 Å². The average Bonchev–Trinajstić information content (AvgIpc) is 2.55. The molecule has 8 heteroatoms. The molecule has 0 bridgehead atoms. The normalized spacial score (nSPS) is 9.87. The van der Waals surface area contributed by atoms with Gasteiger partial charge >= 0.3 is 18.0 Å². The number of ether oxygens (including phenoxy) is 3. The first-order chi connectivity index (χ1) is 11.0. The lowest BCUT2D eigenvalue weighted by Crippen LogP contribution is -2.20. The van der Waals surface area contributed by atoms with Crippen molar-refractivity contribution in [3.8, 4) is 5.75 Å². The zero-order valence-corrected chi connectivity index (χ0v) is 13.2. The van der Waals surface area contributed by atoms with Gasteiger partial charge in [0.15, 0.2) is 0 Å². The SMILES string of the molecule is CCCCOC(=O)Nc1c(O)ccc(C(=O)OC)c1C(=O)OC. The number of carbonyl (C=O) groups is 3. The van der Waals surface area contributed by atoms with Crippen LogP contribution in [0.4, 0.5) is 10.5 Å². The molecule has 0 spiro atoms. The number of methoxy groups -OCH3 is 2. The molecule has 0 aliphatic rings. The Morgan fingerprint density at radius 2 is 1.78 bits per heavy atom. The molecule has 0 radical (unpaired) electrons. The number of unbranched alkanes of at least 4 members (excludes halogenated alkanes) is 1. The molecule has 0 saturated heterocycles. The first-order valence-corrected chi connectivity index (χ1v) is 6.92. The fraction of sp³-hybridized carbons (Fsp3) is 0.400. The summed E-state index contributed by atoms with van der Waals surface area (Å²) in [6.45, 7) is 2.12. The lowest BCUT2D eigenvalue weighted by molar-refractivity contribution is 0.0555. The predicted octanol–water partition coefficient (Wildman–Crippen LogP) is 2.31. The van der Waals surface area contributed by atoms with Gasteiger partial charge in [-0.25, -0.2) is 14.4 Å². The van der Waals surface area contributed by atoms with E-state index in [4.69, 9.17) is 4.74 Å². The van der Waals surface area contributed by atoms with E-state index < -0.39 is 23.8 Å². The summed E-state index contributed by atoms with van der Waals surface area (Å²) in [7, 11) is 2.25. The maximum atomic E-state index is 11.9. The molecular weight excluding hydrogens is 306 g/mol. The van der Waals surface area contributed by atoms with Crippen molar-refractivity contribution in [3.05, 3.63) is 23.3 Å². The summed E-state index contributed by atoms with van der Waals surface area (Å²) in [6, 6.07) is 2.35. The summed E-state index contributed by atoms with van der Waals surface area (Å²) in [6.07, 6.45) is 0.649. The van der Waals surface area contributed by atoms with Gasteiger partial charge in [-0.1, -0.05) is 13.3 Å². The molecule has 0 aliphatic carbocycles. The van der Waals surface area contributed by atoms with Crippen molar-refractivity contribution in [2.75, 3.05) is 26.1 Å². The van der Waals surface area contributed by atoms with Gasteiger partial charge in [0.05, 0.1) is 26.4 Å². The Bertz CT molecular complexity index is 598. The molecule has 1 amide bonds.